The summed E-state index contributed by atoms with van der Waals surface area (Å²) >= 11 is 0. The van der Waals surface area contributed by atoms with E-state index in [9.17, 15) is 0 Å². The summed E-state index contributed by atoms with van der Waals surface area (Å²) in [5.74, 6) is 2.45. The van der Waals surface area contributed by atoms with E-state index in [1.54, 1.807) is 0 Å². The van der Waals surface area contributed by atoms with Gasteiger partial charge in [0.1, 0.15) is 24.0 Å². The molecule has 0 aliphatic carbocycles. The summed E-state index contributed by atoms with van der Waals surface area (Å²) in [6, 6.07) is 60.3. The van der Waals surface area contributed by atoms with E-state index in [1.165, 1.54) is 66.7 Å². The zero-order chi connectivity index (χ0) is 51.1. The van der Waals surface area contributed by atoms with Gasteiger partial charge in [-0.05, 0) is 139 Å². The van der Waals surface area contributed by atoms with Crippen molar-refractivity contribution in [2.45, 2.75) is 124 Å². The van der Waals surface area contributed by atoms with Gasteiger partial charge >= 0.3 is 0 Å². The number of fused-ring (bicyclic) bond motifs is 4. The number of pyridine rings is 1. The van der Waals surface area contributed by atoms with Crippen molar-refractivity contribution in [3.8, 4) is 28.4 Å². The maximum absolute atomic E-state index is 6.96. The number of anilines is 4. The molecule has 7 aromatic carbocycles. The Balaban J connectivity index is 1.10. The minimum absolute atomic E-state index is 0.00554. The molecule has 5 heteroatoms. The average Bonchev–Trinajstić information content (AvgIpc) is 3.88. The molecule has 0 atom stereocenters. The van der Waals surface area contributed by atoms with E-state index in [4.69, 9.17) is 9.72 Å². The Hall–Kier alpha value is -7.11. The van der Waals surface area contributed by atoms with Gasteiger partial charge in [0.15, 0.2) is 0 Å². The molecule has 1 aliphatic heterocycles. The van der Waals surface area contributed by atoms with Crippen molar-refractivity contribution in [3.63, 3.8) is 0 Å². The molecular weight excluding hydrogens is 877 g/mol. The summed E-state index contributed by atoms with van der Waals surface area (Å²) in [4.78, 5) is 9.99. The second kappa shape index (κ2) is 17.6. The molecule has 0 radical (unpaired) electrons. The summed E-state index contributed by atoms with van der Waals surface area (Å²) < 4.78 is 9.27. The predicted molar refractivity (Wildman–Crippen MR) is 306 cm³/mol. The van der Waals surface area contributed by atoms with E-state index < -0.39 is 0 Å². The van der Waals surface area contributed by atoms with Crippen LogP contribution in [0.25, 0.3) is 38.8 Å². The lowest BCUT2D eigenvalue weighted by Crippen LogP contribution is -2.25. The van der Waals surface area contributed by atoms with Crippen molar-refractivity contribution in [1.29, 1.82) is 0 Å². The van der Waals surface area contributed by atoms with Gasteiger partial charge in [0, 0.05) is 45.9 Å². The number of benzene rings is 7. The van der Waals surface area contributed by atoms with Gasteiger partial charge in [-0.25, -0.2) is 4.98 Å². The maximum atomic E-state index is 6.96. The Morgan fingerprint density at radius 3 is 1.65 bits per heavy atom. The van der Waals surface area contributed by atoms with Gasteiger partial charge in [-0.1, -0.05) is 176 Å². The molecule has 10 rings (SSSR count). The zero-order valence-corrected chi connectivity index (χ0v) is 45.1. The minimum atomic E-state index is -0.249. The predicted octanol–water partition coefficient (Wildman–Crippen LogP) is 18.4. The number of hydrogen-bond donors (Lipinski definition) is 0. The summed E-state index contributed by atoms with van der Waals surface area (Å²) in [5.41, 5.74) is 16.6. The van der Waals surface area contributed by atoms with Gasteiger partial charge < -0.3 is 14.5 Å². The molecule has 0 fully saturated rings. The standard InChI is InChI=1S/C67H72N4O/c1-63(2,3)47-28-31-58-55(37-47)54-30-29-53(40-59(54)71(58)62-38-48(32-33-68-62)64(4,5)6)72-52-27-21-26-50(39-52)69-43-70(61-42-57(66(10,11)12)56(41-60(61)69)65(7,8)9)51-35-45(44-22-17-15-18-23-44)34-49(36-51)67(13,14)46-24-19-16-20-25-46/h15-42H,43H2,1-14H3. The van der Waals surface area contributed by atoms with Crippen LogP contribution in [0.15, 0.2) is 170 Å². The lowest BCUT2D eigenvalue weighted by molar-refractivity contribution is 0.483. The third-order valence-corrected chi connectivity index (χ3v) is 15.0. The van der Waals surface area contributed by atoms with Crippen LogP contribution in [-0.4, -0.2) is 16.2 Å². The van der Waals surface area contributed by atoms with Crippen LogP contribution in [0.5, 0.6) is 11.5 Å². The molecule has 0 unspecified atom stereocenters. The molecule has 0 bridgehead atoms. The number of ether oxygens (including phenoxy) is 1. The summed E-state index contributed by atoms with van der Waals surface area (Å²) in [5, 5.41) is 2.38. The fraction of sp³-hybridized carbons (Fsp3) is 0.299. The number of hydrogen-bond acceptors (Lipinski definition) is 4. The van der Waals surface area contributed by atoms with Crippen LogP contribution in [-0.2, 0) is 27.1 Å². The van der Waals surface area contributed by atoms with Gasteiger partial charge in [-0.15, -0.1) is 0 Å². The summed E-state index contributed by atoms with van der Waals surface area (Å²) in [6.45, 7) is 33.0. The SMILES string of the molecule is CC(C)(C)c1ccnc(-n2c3ccc(C(C)(C)C)cc3c3ccc(Oc4cccc(N5CN(c6cc(-c7ccccc7)cc(C(C)(C)c7ccccc7)c6)c6cc(C(C)(C)C)c(C(C)(C)C)cc65)c4)cc32)c1. The first-order valence-corrected chi connectivity index (χ1v) is 25.8. The van der Waals surface area contributed by atoms with E-state index in [0.717, 1.165) is 39.7 Å². The van der Waals surface area contributed by atoms with Crippen LogP contribution >= 0.6 is 0 Å². The molecule has 0 saturated heterocycles. The highest BCUT2D eigenvalue weighted by molar-refractivity contribution is 6.10. The normalized spacial score (nSPS) is 13.6. The quantitative estimate of drug-likeness (QED) is 0.152. The molecule has 0 saturated carbocycles. The third-order valence-electron chi connectivity index (χ3n) is 15.0. The van der Waals surface area contributed by atoms with Crippen LogP contribution in [0.1, 0.15) is 130 Å². The van der Waals surface area contributed by atoms with Crippen molar-refractivity contribution in [2.24, 2.45) is 0 Å². The van der Waals surface area contributed by atoms with Gasteiger partial charge in [0.05, 0.1) is 22.4 Å². The molecule has 1 aliphatic rings. The first-order chi connectivity index (χ1) is 33.9. The highest BCUT2D eigenvalue weighted by atomic mass is 16.5. The Kier molecular flexibility index (Phi) is 11.8. The van der Waals surface area contributed by atoms with Crippen molar-refractivity contribution in [1.82, 2.24) is 9.55 Å². The smallest absolute Gasteiger partial charge is 0.137 e. The zero-order valence-electron chi connectivity index (χ0n) is 45.1. The van der Waals surface area contributed by atoms with Crippen LogP contribution in [0.3, 0.4) is 0 Å². The Bertz CT molecular complexity index is 3480. The van der Waals surface area contributed by atoms with Crippen molar-refractivity contribution >= 4 is 44.6 Å². The van der Waals surface area contributed by atoms with Gasteiger partial charge in [-0.2, -0.15) is 0 Å². The van der Waals surface area contributed by atoms with E-state index in [2.05, 4.69) is 275 Å². The first kappa shape index (κ1) is 48.5. The molecule has 0 spiro atoms. The van der Waals surface area contributed by atoms with E-state index >= 15 is 0 Å². The van der Waals surface area contributed by atoms with Crippen LogP contribution in [0, 0.1) is 0 Å². The first-order valence-electron chi connectivity index (χ1n) is 25.8. The minimum Gasteiger partial charge on any atom is -0.457 e. The summed E-state index contributed by atoms with van der Waals surface area (Å²) in [7, 11) is 0. The molecule has 72 heavy (non-hydrogen) atoms. The lowest BCUT2D eigenvalue weighted by Gasteiger charge is -2.32. The molecule has 5 nitrogen and oxygen atoms in total. The fourth-order valence-corrected chi connectivity index (χ4v) is 10.6. The molecule has 0 N–H and O–H groups in total. The van der Waals surface area contributed by atoms with E-state index in [-0.39, 0.29) is 27.1 Å². The van der Waals surface area contributed by atoms with E-state index in [1.807, 2.05) is 6.20 Å². The van der Waals surface area contributed by atoms with Gasteiger partial charge in [0.25, 0.3) is 0 Å². The molecule has 0 amide bonds. The maximum Gasteiger partial charge on any atom is 0.137 e. The second-order valence-corrected chi connectivity index (χ2v) is 24.8. The van der Waals surface area contributed by atoms with E-state index in [0.29, 0.717) is 6.67 Å². The van der Waals surface area contributed by atoms with Crippen molar-refractivity contribution in [2.75, 3.05) is 16.5 Å². The average molecular weight is 949 g/mol. The Morgan fingerprint density at radius 2 is 1.01 bits per heavy atom. The van der Waals surface area contributed by atoms with Crippen LogP contribution in [0.2, 0.25) is 0 Å². The monoisotopic (exact) mass is 949 g/mol. The third kappa shape index (κ3) is 9.08. The second-order valence-electron chi connectivity index (χ2n) is 24.8. The largest absolute Gasteiger partial charge is 0.457 e. The molecule has 2 aromatic heterocycles. The molecule has 366 valence electrons. The van der Waals surface area contributed by atoms with Crippen molar-refractivity contribution < 1.29 is 4.74 Å². The molecule has 9 aromatic rings. The molecule has 3 heterocycles. The topological polar surface area (TPSA) is 33.5 Å². The lowest BCUT2D eigenvalue weighted by atomic mass is 9.74. The van der Waals surface area contributed by atoms with Crippen LogP contribution in [0.4, 0.5) is 22.7 Å². The Labute approximate surface area is 429 Å². The highest BCUT2D eigenvalue weighted by Crippen LogP contribution is 2.51. The van der Waals surface area contributed by atoms with Crippen molar-refractivity contribution in [3.05, 3.63) is 203 Å². The van der Waals surface area contributed by atoms with Gasteiger partial charge in [0.2, 0.25) is 0 Å². The number of nitrogens with zero attached hydrogens (tertiary/aromatic N) is 4. The Morgan fingerprint density at radius 1 is 0.403 bits per heavy atom. The van der Waals surface area contributed by atoms with Crippen LogP contribution < -0.4 is 14.5 Å². The molecular formula is C67H72N4O. The fourth-order valence-electron chi connectivity index (χ4n) is 10.6. The number of rotatable bonds is 8. The summed E-state index contributed by atoms with van der Waals surface area (Å²) in [6.07, 6.45) is 1.94. The van der Waals surface area contributed by atoms with Gasteiger partial charge in [-0.3, -0.25) is 4.57 Å². The number of aromatic nitrogens is 2. The highest BCUT2D eigenvalue weighted by Gasteiger charge is 2.36.